The maximum atomic E-state index is 11.5. The summed E-state index contributed by atoms with van der Waals surface area (Å²) < 4.78 is 0. The monoisotopic (exact) mass is 231 g/mol. The van der Waals surface area contributed by atoms with Crippen LogP contribution in [0.3, 0.4) is 0 Å². The first-order valence-corrected chi connectivity index (χ1v) is 6.23. The van der Waals surface area contributed by atoms with E-state index in [1.165, 1.54) is 0 Å². The van der Waals surface area contributed by atoms with E-state index in [1.807, 2.05) is 0 Å². The Balaban J connectivity index is 1.99. The highest BCUT2D eigenvalue weighted by Crippen LogP contribution is 2.09. The highest BCUT2D eigenvalue weighted by Gasteiger charge is 2.21. The minimum absolute atomic E-state index is 0.0499. The van der Waals surface area contributed by atoms with Crippen LogP contribution in [0.1, 0.15) is 19.3 Å². The Hall–Kier alpha value is -0.750. The number of unbranched alkanes of at least 4 members (excludes halogenated alkanes) is 1. The molecule has 86 valence electrons. The predicted molar refractivity (Wildman–Crippen MR) is 60.3 cm³/mol. The molecule has 1 fully saturated rings. The van der Waals surface area contributed by atoms with Crippen LogP contribution < -0.4 is 16.4 Å². The molecule has 2 amide bonds. The number of hydrogen-bond donors (Lipinski definition) is 3. The smallest absolute Gasteiger partial charge is 0.238 e. The molecule has 0 saturated carbocycles. The first kappa shape index (κ1) is 12.3. The van der Waals surface area contributed by atoms with Crippen LogP contribution in [0.15, 0.2) is 0 Å². The Bertz CT molecular complexity index is 229. The lowest BCUT2D eigenvalue weighted by Crippen LogP contribution is -2.42. The zero-order valence-corrected chi connectivity index (χ0v) is 9.44. The summed E-state index contributed by atoms with van der Waals surface area (Å²) in [5.74, 6) is 1.46. The Morgan fingerprint density at radius 3 is 2.87 bits per heavy atom. The average molecular weight is 231 g/mol. The van der Waals surface area contributed by atoms with Crippen LogP contribution in [-0.2, 0) is 9.59 Å². The lowest BCUT2D eigenvalue weighted by atomic mass is 10.2. The fourth-order valence-corrected chi connectivity index (χ4v) is 2.26. The molecule has 0 aromatic carbocycles. The van der Waals surface area contributed by atoms with E-state index in [1.54, 1.807) is 11.8 Å². The van der Waals surface area contributed by atoms with E-state index < -0.39 is 0 Å². The van der Waals surface area contributed by atoms with Crippen LogP contribution >= 0.6 is 11.8 Å². The second-order valence-corrected chi connectivity index (χ2v) is 4.52. The predicted octanol–water partition coefficient (Wildman–Crippen LogP) is -0.579. The summed E-state index contributed by atoms with van der Waals surface area (Å²) in [7, 11) is 0. The Morgan fingerprint density at radius 1 is 1.47 bits per heavy atom. The zero-order chi connectivity index (χ0) is 11.1. The first-order chi connectivity index (χ1) is 7.20. The van der Waals surface area contributed by atoms with E-state index in [0.717, 1.165) is 24.5 Å². The summed E-state index contributed by atoms with van der Waals surface area (Å²) in [5, 5.41) is 5.92. The highest BCUT2D eigenvalue weighted by atomic mass is 32.2. The molecule has 0 aromatic rings. The van der Waals surface area contributed by atoms with Gasteiger partial charge in [-0.05, 0) is 12.8 Å². The van der Waals surface area contributed by atoms with Crippen molar-refractivity contribution in [2.75, 3.05) is 18.2 Å². The molecule has 0 aliphatic carbocycles. The minimum Gasteiger partial charge on any atom is -0.370 e. The van der Waals surface area contributed by atoms with Crippen molar-refractivity contribution in [1.29, 1.82) is 0 Å². The molecule has 1 aliphatic rings. The van der Waals surface area contributed by atoms with Crippen LogP contribution in [0.5, 0.6) is 0 Å². The summed E-state index contributed by atoms with van der Waals surface area (Å²) in [6, 6.07) is -0.0499. The topological polar surface area (TPSA) is 84.2 Å². The average Bonchev–Trinajstić information content (AvgIpc) is 2.69. The molecule has 1 saturated heterocycles. The van der Waals surface area contributed by atoms with Gasteiger partial charge in [0.2, 0.25) is 11.8 Å². The zero-order valence-electron chi connectivity index (χ0n) is 8.62. The summed E-state index contributed by atoms with van der Waals surface area (Å²) in [6.07, 6.45) is 1.93. The van der Waals surface area contributed by atoms with Crippen molar-refractivity contribution in [2.24, 2.45) is 5.73 Å². The van der Waals surface area contributed by atoms with Crippen molar-refractivity contribution in [2.45, 2.75) is 25.3 Å². The van der Waals surface area contributed by atoms with Gasteiger partial charge in [-0.2, -0.15) is 0 Å². The molecule has 0 spiro atoms. The van der Waals surface area contributed by atoms with Crippen LogP contribution in [0.25, 0.3) is 0 Å². The SMILES string of the molecule is NC(=O)CCCCNC(=O)C1CSCN1. The number of carbonyl (C=O) groups is 2. The summed E-state index contributed by atoms with van der Waals surface area (Å²) in [4.78, 5) is 21.9. The quantitative estimate of drug-likeness (QED) is 0.534. The van der Waals surface area contributed by atoms with Crippen LogP contribution in [-0.4, -0.2) is 36.0 Å². The van der Waals surface area contributed by atoms with Crippen LogP contribution in [0.2, 0.25) is 0 Å². The summed E-state index contributed by atoms with van der Waals surface area (Å²) in [6.45, 7) is 0.620. The standard InChI is InChI=1S/C9H17N3O2S/c10-8(13)3-1-2-4-11-9(14)7-5-15-6-12-7/h7,12H,1-6H2,(H2,10,13)(H,11,14). The van der Waals surface area contributed by atoms with Crippen LogP contribution in [0.4, 0.5) is 0 Å². The van der Waals surface area contributed by atoms with Gasteiger partial charge < -0.3 is 11.1 Å². The molecule has 15 heavy (non-hydrogen) atoms. The van der Waals surface area contributed by atoms with Gasteiger partial charge in [0.25, 0.3) is 0 Å². The van der Waals surface area contributed by atoms with Gasteiger partial charge in [0, 0.05) is 24.6 Å². The van der Waals surface area contributed by atoms with Gasteiger partial charge in [-0.25, -0.2) is 0 Å². The minimum atomic E-state index is -0.282. The van der Waals surface area contributed by atoms with E-state index in [4.69, 9.17) is 5.73 Å². The number of amides is 2. The molecule has 1 aliphatic heterocycles. The molecular weight excluding hydrogens is 214 g/mol. The third-order valence-corrected chi connectivity index (χ3v) is 3.12. The lowest BCUT2D eigenvalue weighted by Gasteiger charge is -2.09. The van der Waals surface area contributed by atoms with Gasteiger partial charge >= 0.3 is 0 Å². The van der Waals surface area contributed by atoms with Gasteiger partial charge in [0.15, 0.2) is 0 Å². The van der Waals surface area contributed by atoms with Crippen molar-refractivity contribution >= 4 is 23.6 Å². The number of carbonyl (C=O) groups excluding carboxylic acids is 2. The van der Waals surface area contributed by atoms with E-state index in [-0.39, 0.29) is 17.9 Å². The van der Waals surface area contributed by atoms with Gasteiger partial charge in [-0.15, -0.1) is 11.8 Å². The van der Waals surface area contributed by atoms with E-state index in [9.17, 15) is 9.59 Å². The maximum absolute atomic E-state index is 11.5. The van der Waals surface area contributed by atoms with Crippen LogP contribution in [0, 0.1) is 0 Å². The Morgan fingerprint density at radius 2 is 2.27 bits per heavy atom. The van der Waals surface area contributed by atoms with E-state index in [2.05, 4.69) is 10.6 Å². The van der Waals surface area contributed by atoms with Crippen molar-refractivity contribution in [3.05, 3.63) is 0 Å². The molecule has 1 atom stereocenters. The molecule has 5 nitrogen and oxygen atoms in total. The lowest BCUT2D eigenvalue weighted by molar-refractivity contribution is -0.122. The van der Waals surface area contributed by atoms with Crippen molar-refractivity contribution < 1.29 is 9.59 Å². The number of rotatable bonds is 6. The second-order valence-electron chi connectivity index (χ2n) is 3.49. The van der Waals surface area contributed by atoms with Crippen molar-refractivity contribution in [3.63, 3.8) is 0 Å². The normalized spacial score (nSPS) is 20.1. The fourth-order valence-electron chi connectivity index (χ4n) is 1.32. The first-order valence-electron chi connectivity index (χ1n) is 5.07. The van der Waals surface area contributed by atoms with Gasteiger partial charge in [0.05, 0.1) is 6.04 Å². The molecule has 1 unspecified atom stereocenters. The molecule has 0 bridgehead atoms. The molecule has 0 aromatic heterocycles. The number of thioether (sulfide) groups is 1. The second kappa shape index (κ2) is 6.68. The third-order valence-electron chi connectivity index (χ3n) is 2.18. The molecule has 6 heteroatoms. The van der Waals surface area contributed by atoms with E-state index in [0.29, 0.717) is 13.0 Å². The number of primary amides is 1. The van der Waals surface area contributed by atoms with Gasteiger partial charge in [-0.3, -0.25) is 14.9 Å². The molecule has 4 N–H and O–H groups in total. The summed E-state index contributed by atoms with van der Waals surface area (Å²) in [5.41, 5.74) is 4.99. The summed E-state index contributed by atoms with van der Waals surface area (Å²) >= 11 is 1.73. The molecule has 1 rings (SSSR count). The van der Waals surface area contributed by atoms with Crippen molar-refractivity contribution in [1.82, 2.24) is 10.6 Å². The Labute approximate surface area is 93.5 Å². The number of nitrogens with one attached hydrogen (secondary N) is 2. The molecular formula is C9H17N3O2S. The highest BCUT2D eigenvalue weighted by molar-refractivity contribution is 7.99. The van der Waals surface area contributed by atoms with Gasteiger partial charge in [0.1, 0.15) is 0 Å². The Kier molecular flexibility index (Phi) is 5.49. The van der Waals surface area contributed by atoms with E-state index >= 15 is 0 Å². The fraction of sp³-hybridized carbons (Fsp3) is 0.778. The molecule has 0 radical (unpaired) electrons. The van der Waals surface area contributed by atoms with Gasteiger partial charge in [-0.1, -0.05) is 0 Å². The molecule has 1 heterocycles. The largest absolute Gasteiger partial charge is 0.370 e. The number of nitrogens with two attached hydrogens (primary N) is 1. The number of hydrogen-bond acceptors (Lipinski definition) is 4. The third kappa shape index (κ3) is 5.03. The maximum Gasteiger partial charge on any atom is 0.238 e. The van der Waals surface area contributed by atoms with Crippen molar-refractivity contribution in [3.8, 4) is 0 Å².